The number of hydrogen-bond acceptors (Lipinski definition) is 4. The molecule has 1 saturated heterocycles. The summed E-state index contributed by atoms with van der Waals surface area (Å²) in [5.74, 6) is 0.676. The van der Waals surface area contributed by atoms with E-state index in [1.54, 1.807) is 30.3 Å². The quantitative estimate of drug-likeness (QED) is 0.629. The number of piperidine rings is 1. The Bertz CT molecular complexity index is 1010. The Kier molecular flexibility index (Phi) is 7.18. The van der Waals surface area contributed by atoms with Crippen LogP contribution in [-0.4, -0.2) is 38.3 Å². The molecule has 2 aromatic rings. The van der Waals surface area contributed by atoms with Gasteiger partial charge in [-0.25, -0.2) is 8.42 Å². The van der Waals surface area contributed by atoms with Gasteiger partial charge in [0, 0.05) is 18.8 Å². The van der Waals surface area contributed by atoms with Gasteiger partial charge in [0.05, 0.1) is 15.5 Å². The van der Waals surface area contributed by atoms with Crippen LogP contribution in [0.15, 0.2) is 60.0 Å². The fraction of sp³-hybridized carbons (Fsp3) is 0.318. The van der Waals surface area contributed by atoms with Gasteiger partial charge in [0.2, 0.25) is 10.0 Å². The average molecular weight is 449 g/mol. The number of sulfonamides is 1. The van der Waals surface area contributed by atoms with Crippen LogP contribution in [0.25, 0.3) is 0 Å². The lowest BCUT2D eigenvalue weighted by Gasteiger charge is -2.29. The van der Waals surface area contributed by atoms with Crippen LogP contribution in [0.1, 0.15) is 30.1 Å². The number of carbonyl (C=O) groups excluding carboxylic acids is 1. The minimum Gasteiger partial charge on any atom is -0.490 e. The fourth-order valence-electron chi connectivity index (χ4n) is 3.20. The Morgan fingerprint density at radius 1 is 1.23 bits per heavy atom. The van der Waals surface area contributed by atoms with Gasteiger partial charge in [-0.15, -0.1) is 0 Å². The first kappa shape index (κ1) is 22.3. The monoisotopic (exact) mass is 448 g/mol. The Hall–Kier alpha value is -2.35. The largest absolute Gasteiger partial charge is 0.490 e. The molecular formula is C22H25ClN2O4S. The Morgan fingerprint density at radius 2 is 1.90 bits per heavy atom. The topological polar surface area (TPSA) is 75.7 Å². The number of amides is 1. The van der Waals surface area contributed by atoms with Crippen molar-refractivity contribution in [1.29, 1.82) is 0 Å². The van der Waals surface area contributed by atoms with Crippen molar-refractivity contribution in [2.24, 2.45) is 5.92 Å². The molecule has 3 rings (SSSR count). The van der Waals surface area contributed by atoms with Crippen LogP contribution in [0.3, 0.4) is 0 Å². The maximum absolute atomic E-state index is 13.0. The first-order valence-corrected chi connectivity index (χ1v) is 11.6. The molecule has 8 heteroatoms. The van der Waals surface area contributed by atoms with Crippen LogP contribution in [0.5, 0.6) is 5.75 Å². The Labute approximate surface area is 182 Å². The van der Waals surface area contributed by atoms with E-state index in [1.165, 1.54) is 22.5 Å². The molecule has 0 aliphatic carbocycles. The van der Waals surface area contributed by atoms with Gasteiger partial charge in [0.1, 0.15) is 12.4 Å². The summed E-state index contributed by atoms with van der Waals surface area (Å²) in [6, 6.07) is 11.1. The highest BCUT2D eigenvalue weighted by atomic mass is 35.5. The molecule has 6 nitrogen and oxygen atoms in total. The van der Waals surface area contributed by atoms with E-state index in [1.807, 2.05) is 0 Å². The number of anilines is 1. The number of ether oxygens (including phenoxy) is 1. The molecule has 30 heavy (non-hydrogen) atoms. The van der Waals surface area contributed by atoms with E-state index in [2.05, 4.69) is 18.8 Å². The van der Waals surface area contributed by atoms with Gasteiger partial charge in [-0.2, -0.15) is 4.31 Å². The zero-order chi connectivity index (χ0) is 21.7. The maximum Gasteiger partial charge on any atom is 0.257 e. The van der Waals surface area contributed by atoms with Crippen molar-refractivity contribution in [2.75, 3.05) is 25.0 Å². The van der Waals surface area contributed by atoms with E-state index >= 15 is 0 Å². The molecule has 1 aliphatic rings. The molecule has 0 saturated carbocycles. The van der Waals surface area contributed by atoms with Crippen LogP contribution in [0.4, 0.5) is 5.69 Å². The number of halogens is 1. The van der Waals surface area contributed by atoms with Crippen molar-refractivity contribution >= 4 is 33.2 Å². The van der Waals surface area contributed by atoms with E-state index < -0.39 is 15.9 Å². The molecule has 0 spiro atoms. The summed E-state index contributed by atoms with van der Waals surface area (Å²) >= 11 is 6.20. The van der Waals surface area contributed by atoms with Crippen LogP contribution >= 0.6 is 11.6 Å². The van der Waals surface area contributed by atoms with Crippen molar-refractivity contribution in [1.82, 2.24) is 4.31 Å². The molecule has 1 N–H and O–H groups in total. The van der Waals surface area contributed by atoms with Gasteiger partial charge in [-0.05, 0) is 61.2 Å². The van der Waals surface area contributed by atoms with E-state index in [4.69, 9.17) is 16.3 Å². The predicted molar refractivity (Wildman–Crippen MR) is 119 cm³/mol. The highest BCUT2D eigenvalue weighted by Crippen LogP contribution is 2.27. The molecule has 0 atom stereocenters. The average Bonchev–Trinajstić information content (AvgIpc) is 2.73. The van der Waals surface area contributed by atoms with Crippen molar-refractivity contribution in [3.05, 3.63) is 65.7 Å². The van der Waals surface area contributed by atoms with E-state index in [0.29, 0.717) is 37.1 Å². The van der Waals surface area contributed by atoms with Gasteiger partial charge < -0.3 is 10.1 Å². The van der Waals surface area contributed by atoms with E-state index in [0.717, 1.165) is 12.8 Å². The summed E-state index contributed by atoms with van der Waals surface area (Å²) < 4.78 is 32.9. The lowest BCUT2D eigenvalue weighted by Crippen LogP contribution is -2.37. The Balaban J connectivity index is 1.77. The molecule has 1 heterocycles. The fourth-order valence-corrected chi connectivity index (χ4v) is 4.90. The highest BCUT2D eigenvalue weighted by Gasteiger charge is 2.29. The smallest absolute Gasteiger partial charge is 0.257 e. The number of hydrogen-bond donors (Lipinski definition) is 1. The van der Waals surface area contributed by atoms with E-state index in [9.17, 15) is 13.2 Å². The molecule has 0 bridgehead atoms. The van der Waals surface area contributed by atoms with Gasteiger partial charge in [-0.3, -0.25) is 4.79 Å². The Morgan fingerprint density at radius 3 is 2.53 bits per heavy atom. The van der Waals surface area contributed by atoms with Crippen molar-refractivity contribution < 1.29 is 17.9 Å². The SMILES string of the molecule is C=CCOc1ccc(NC(=O)c2cc(S(=O)(=O)N3CCC(C)CC3)ccc2Cl)cc1. The molecular weight excluding hydrogens is 424 g/mol. The number of benzene rings is 2. The zero-order valence-electron chi connectivity index (χ0n) is 16.8. The molecule has 0 radical (unpaired) electrons. The molecule has 2 aromatic carbocycles. The van der Waals surface area contributed by atoms with Crippen molar-refractivity contribution in [3.8, 4) is 5.75 Å². The minimum atomic E-state index is -3.68. The standard InChI is InChI=1S/C22H25ClN2O4S/c1-3-14-29-18-6-4-17(5-7-18)24-22(26)20-15-19(8-9-21(20)23)30(27,28)25-12-10-16(2)11-13-25/h3-9,15-16H,1,10-14H2,2H3,(H,24,26). The third-order valence-corrected chi connectivity index (χ3v) is 7.27. The first-order valence-electron chi connectivity index (χ1n) is 9.76. The highest BCUT2D eigenvalue weighted by molar-refractivity contribution is 7.89. The summed E-state index contributed by atoms with van der Waals surface area (Å²) in [5.41, 5.74) is 0.649. The van der Waals surface area contributed by atoms with Crippen LogP contribution < -0.4 is 10.1 Å². The molecule has 1 aliphatic heterocycles. The molecule has 0 unspecified atom stereocenters. The predicted octanol–water partition coefficient (Wildman–Crippen LogP) is 4.58. The van der Waals surface area contributed by atoms with Crippen LogP contribution in [0, 0.1) is 5.92 Å². The minimum absolute atomic E-state index is 0.0692. The molecule has 160 valence electrons. The normalized spacial score (nSPS) is 15.5. The van der Waals surface area contributed by atoms with Gasteiger partial charge in [0.25, 0.3) is 5.91 Å². The lowest BCUT2D eigenvalue weighted by atomic mass is 10.0. The summed E-state index contributed by atoms with van der Waals surface area (Å²) in [6.45, 7) is 7.06. The van der Waals surface area contributed by atoms with Crippen LogP contribution in [0.2, 0.25) is 5.02 Å². The summed E-state index contributed by atoms with van der Waals surface area (Å²) in [4.78, 5) is 12.8. The number of carbonyl (C=O) groups is 1. The molecule has 1 fully saturated rings. The zero-order valence-corrected chi connectivity index (χ0v) is 18.4. The lowest BCUT2D eigenvalue weighted by molar-refractivity contribution is 0.102. The van der Waals surface area contributed by atoms with Crippen molar-refractivity contribution in [2.45, 2.75) is 24.7 Å². The van der Waals surface area contributed by atoms with Gasteiger partial charge in [-0.1, -0.05) is 31.2 Å². The van der Waals surface area contributed by atoms with Gasteiger partial charge >= 0.3 is 0 Å². The maximum atomic E-state index is 13.0. The first-order chi connectivity index (χ1) is 14.3. The second kappa shape index (κ2) is 9.64. The molecule has 0 aromatic heterocycles. The second-order valence-corrected chi connectivity index (χ2v) is 9.65. The van der Waals surface area contributed by atoms with E-state index in [-0.39, 0.29) is 15.5 Å². The third-order valence-electron chi connectivity index (χ3n) is 5.04. The summed E-state index contributed by atoms with van der Waals surface area (Å²) in [7, 11) is -3.68. The number of rotatable bonds is 7. The number of nitrogens with zero attached hydrogens (tertiary/aromatic N) is 1. The molecule has 1 amide bonds. The summed E-state index contributed by atoms with van der Waals surface area (Å²) in [5, 5.41) is 2.92. The van der Waals surface area contributed by atoms with Crippen LogP contribution in [-0.2, 0) is 10.0 Å². The number of nitrogens with one attached hydrogen (secondary N) is 1. The third kappa shape index (κ3) is 5.22. The summed E-state index contributed by atoms with van der Waals surface area (Å²) in [6.07, 6.45) is 3.29. The van der Waals surface area contributed by atoms with Gasteiger partial charge in [0.15, 0.2) is 0 Å². The second-order valence-electron chi connectivity index (χ2n) is 7.31. The van der Waals surface area contributed by atoms with Crippen molar-refractivity contribution in [3.63, 3.8) is 0 Å².